The molecule has 3 rings (SSSR count). The molecule has 6 heteroatoms. The molecule has 1 atom stereocenters. The summed E-state index contributed by atoms with van der Waals surface area (Å²) in [5.41, 5.74) is 0.662. The molecular weight excluding hydrogens is 443 g/mol. The van der Waals surface area contributed by atoms with Crippen LogP contribution < -0.4 is 5.32 Å². The molecule has 1 saturated heterocycles. The Morgan fingerprint density at radius 3 is 2.09 bits per heavy atom. The number of hydrogen-bond donors (Lipinski definition) is 1. The molecule has 0 aromatic heterocycles. The molecule has 1 heterocycles. The summed E-state index contributed by atoms with van der Waals surface area (Å²) in [6.45, 7) is 11.6. The third-order valence-corrected chi connectivity index (χ3v) is 6.60. The highest BCUT2D eigenvalue weighted by molar-refractivity contribution is 5.98. The number of nitrogens with zero attached hydrogens (tertiary/aromatic N) is 1. The maximum Gasteiger partial charge on any atom is 0.254 e. The van der Waals surface area contributed by atoms with Gasteiger partial charge in [0, 0.05) is 5.92 Å². The van der Waals surface area contributed by atoms with Crippen LogP contribution in [0.1, 0.15) is 88.9 Å². The average Bonchev–Trinajstić information content (AvgIpc) is 2.88. The van der Waals surface area contributed by atoms with Crippen molar-refractivity contribution in [2.45, 2.75) is 84.6 Å². The van der Waals surface area contributed by atoms with Gasteiger partial charge in [-0.3, -0.25) is 14.4 Å². The van der Waals surface area contributed by atoms with Crippen LogP contribution in [0.3, 0.4) is 0 Å². The van der Waals surface area contributed by atoms with Crippen LogP contribution in [0.5, 0.6) is 0 Å². The van der Waals surface area contributed by atoms with Crippen LogP contribution in [0, 0.1) is 17.7 Å². The van der Waals surface area contributed by atoms with Crippen LogP contribution in [-0.4, -0.2) is 49.1 Å². The van der Waals surface area contributed by atoms with Crippen molar-refractivity contribution in [2.24, 2.45) is 11.8 Å². The van der Waals surface area contributed by atoms with Gasteiger partial charge in [-0.1, -0.05) is 65.2 Å². The molecule has 2 fully saturated rings. The van der Waals surface area contributed by atoms with Gasteiger partial charge in [-0.2, -0.15) is 0 Å². The van der Waals surface area contributed by atoms with E-state index in [0.717, 1.165) is 38.4 Å². The summed E-state index contributed by atoms with van der Waals surface area (Å²) in [5, 5.41) is 2.80. The van der Waals surface area contributed by atoms with Gasteiger partial charge in [0.2, 0.25) is 0 Å². The molecule has 1 aliphatic carbocycles. The van der Waals surface area contributed by atoms with Crippen molar-refractivity contribution in [1.82, 2.24) is 10.2 Å². The lowest BCUT2D eigenvalue weighted by atomic mass is 9.80. The molecule has 5 nitrogen and oxygen atoms in total. The monoisotopic (exact) mass is 488 g/mol. The Morgan fingerprint density at radius 2 is 1.66 bits per heavy atom. The summed E-state index contributed by atoms with van der Waals surface area (Å²) in [4.78, 5) is 36.9. The Hall–Kier alpha value is -2.34. The maximum atomic E-state index is 13.7. The highest BCUT2D eigenvalue weighted by Crippen LogP contribution is 2.28. The molecule has 0 spiro atoms. The topological polar surface area (TPSA) is 66.5 Å². The molecule has 0 bridgehead atoms. The summed E-state index contributed by atoms with van der Waals surface area (Å²) in [7, 11) is 2.19. The Bertz CT molecular complexity index is 797. The molecule has 196 valence electrons. The summed E-state index contributed by atoms with van der Waals surface area (Å²) in [5.74, 6) is -0.995. The Kier molecular flexibility index (Phi) is 15.0. The number of aldehydes is 1. The van der Waals surface area contributed by atoms with Crippen LogP contribution in [0.25, 0.3) is 0 Å². The van der Waals surface area contributed by atoms with Crippen molar-refractivity contribution >= 4 is 18.0 Å². The van der Waals surface area contributed by atoms with Gasteiger partial charge >= 0.3 is 0 Å². The number of amides is 1. The predicted molar refractivity (Wildman–Crippen MR) is 141 cm³/mol. The standard InChI is InChI=1S/C18H24FNO2.C6H13N.C5H8O/c1-12(2)17(21)16(13-8-4-3-5-9-13)20-18(22)14-10-6-7-11-15(14)19;1-7-5-3-2-4-6-7;1-3-5(2)4-6/h6-7,10-13,16H,3-5,8-9H2,1-2H3,(H,20,22);2-6H2,1H3;4H,2-3H2,1H3. The number of ketones is 1. The van der Waals surface area contributed by atoms with E-state index in [9.17, 15) is 18.8 Å². The van der Waals surface area contributed by atoms with E-state index < -0.39 is 17.8 Å². The fourth-order valence-corrected chi connectivity index (χ4v) is 4.25. The minimum atomic E-state index is -0.556. The van der Waals surface area contributed by atoms with Crippen molar-refractivity contribution < 1.29 is 18.8 Å². The van der Waals surface area contributed by atoms with E-state index >= 15 is 0 Å². The molecule has 1 unspecified atom stereocenters. The minimum absolute atomic E-state index is 0.000124. The lowest BCUT2D eigenvalue weighted by Crippen LogP contribution is -2.48. The number of allylic oxidation sites excluding steroid dienone is 1. The van der Waals surface area contributed by atoms with Crippen molar-refractivity contribution in [2.75, 3.05) is 20.1 Å². The Morgan fingerprint density at radius 1 is 1.09 bits per heavy atom. The first-order chi connectivity index (χ1) is 16.7. The molecule has 0 radical (unpaired) electrons. The summed E-state index contributed by atoms with van der Waals surface area (Å²) < 4.78 is 13.7. The second-order valence-electron chi connectivity index (χ2n) is 9.88. The number of nitrogens with one attached hydrogen (secondary N) is 1. The van der Waals surface area contributed by atoms with Crippen molar-refractivity contribution in [3.05, 3.63) is 47.8 Å². The minimum Gasteiger partial charge on any atom is -0.342 e. The molecule has 1 saturated carbocycles. The van der Waals surface area contributed by atoms with E-state index in [-0.39, 0.29) is 23.2 Å². The fourth-order valence-electron chi connectivity index (χ4n) is 4.25. The normalized spacial score (nSPS) is 17.2. The maximum absolute atomic E-state index is 13.7. The van der Waals surface area contributed by atoms with Crippen molar-refractivity contribution in [3.8, 4) is 0 Å². The number of likely N-dealkylation sites (tertiary alicyclic amines) is 1. The number of piperidine rings is 1. The molecule has 1 N–H and O–H groups in total. The van der Waals surface area contributed by atoms with E-state index in [1.165, 1.54) is 50.9 Å². The van der Waals surface area contributed by atoms with Crippen LogP contribution in [0.2, 0.25) is 0 Å². The third kappa shape index (κ3) is 11.8. The SMILES string of the molecule is C=C(C=O)CC.CC(C)C(=O)C(NC(=O)c1ccccc1F)C1CCCCC1.CN1CCCCC1. The molecule has 2 aliphatic rings. The fraction of sp³-hybridized carbons (Fsp3) is 0.621. The highest BCUT2D eigenvalue weighted by atomic mass is 19.1. The number of rotatable bonds is 7. The zero-order valence-corrected chi connectivity index (χ0v) is 22.2. The number of Topliss-reactive ketones (excluding diaryl/α,β-unsaturated/α-hetero) is 1. The zero-order chi connectivity index (χ0) is 26.2. The molecule has 1 aliphatic heterocycles. The largest absolute Gasteiger partial charge is 0.342 e. The smallest absolute Gasteiger partial charge is 0.254 e. The first kappa shape index (κ1) is 30.7. The number of benzene rings is 1. The number of hydrogen-bond acceptors (Lipinski definition) is 4. The van der Waals surface area contributed by atoms with Crippen LogP contribution in [0.15, 0.2) is 36.4 Å². The van der Waals surface area contributed by atoms with E-state index in [1.807, 2.05) is 20.8 Å². The van der Waals surface area contributed by atoms with Crippen LogP contribution in [-0.2, 0) is 9.59 Å². The average molecular weight is 489 g/mol. The lowest BCUT2D eigenvalue weighted by Gasteiger charge is -2.31. The van der Waals surface area contributed by atoms with Gasteiger partial charge < -0.3 is 10.2 Å². The van der Waals surface area contributed by atoms with Gasteiger partial charge in [-0.25, -0.2) is 4.39 Å². The molecule has 35 heavy (non-hydrogen) atoms. The molecule has 1 aromatic carbocycles. The number of halogens is 1. The Balaban J connectivity index is 0.000000384. The van der Waals surface area contributed by atoms with E-state index in [1.54, 1.807) is 12.1 Å². The summed E-state index contributed by atoms with van der Waals surface area (Å²) in [6, 6.07) is 5.37. The van der Waals surface area contributed by atoms with Gasteiger partial charge in [-0.15, -0.1) is 0 Å². The van der Waals surface area contributed by atoms with Gasteiger partial charge in [0.1, 0.15) is 12.1 Å². The summed E-state index contributed by atoms with van der Waals surface area (Å²) >= 11 is 0. The van der Waals surface area contributed by atoms with Crippen molar-refractivity contribution in [3.63, 3.8) is 0 Å². The molecular formula is C29H45FN2O3. The summed E-state index contributed by atoms with van der Waals surface area (Å²) in [6.07, 6.45) is 11.1. The third-order valence-electron chi connectivity index (χ3n) is 6.60. The Labute approximate surface area is 211 Å². The van der Waals surface area contributed by atoms with Crippen LogP contribution in [0.4, 0.5) is 4.39 Å². The highest BCUT2D eigenvalue weighted by Gasteiger charge is 2.32. The van der Waals surface area contributed by atoms with Crippen LogP contribution >= 0.6 is 0 Å². The molecule has 1 aromatic rings. The lowest BCUT2D eigenvalue weighted by molar-refractivity contribution is -0.125. The second-order valence-corrected chi connectivity index (χ2v) is 9.88. The first-order valence-corrected chi connectivity index (χ1v) is 13.1. The van der Waals surface area contributed by atoms with Gasteiger partial charge in [0.05, 0.1) is 11.6 Å². The quantitative estimate of drug-likeness (QED) is 0.379. The molecule has 1 amide bonds. The number of carbonyl (C=O) groups is 3. The second kappa shape index (κ2) is 17.1. The van der Waals surface area contributed by atoms with Gasteiger partial charge in [0.25, 0.3) is 5.91 Å². The van der Waals surface area contributed by atoms with E-state index in [0.29, 0.717) is 5.57 Å². The van der Waals surface area contributed by atoms with Gasteiger partial charge in [0.15, 0.2) is 5.78 Å². The van der Waals surface area contributed by atoms with Crippen molar-refractivity contribution in [1.29, 1.82) is 0 Å². The van der Waals surface area contributed by atoms with E-state index in [4.69, 9.17) is 0 Å². The van der Waals surface area contributed by atoms with E-state index in [2.05, 4.69) is 23.8 Å². The van der Waals surface area contributed by atoms with Gasteiger partial charge in [-0.05, 0) is 75.9 Å². The zero-order valence-electron chi connectivity index (χ0n) is 22.2. The number of carbonyl (C=O) groups excluding carboxylic acids is 3. The first-order valence-electron chi connectivity index (χ1n) is 13.1. The predicted octanol–water partition coefficient (Wildman–Crippen LogP) is 5.98.